The maximum atomic E-state index is 13.0. The van der Waals surface area contributed by atoms with Crippen LogP contribution in [-0.2, 0) is 0 Å². The van der Waals surface area contributed by atoms with E-state index in [0.717, 1.165) is 4.90 Å². The summed E-state index contributed by atoms with van der Waals surface area (Å²) in [6.45, 7) is 3.75. The van der Waals surface area contributed by atoms with Crippen molar-refractivity contribution in [3.63, 3.8) is 0 Å². The average molecular weight is 244 g/mol. The van der Waals surface area contributed by atoms with Crippen LogP contribution in [0.1, 0.15) is 31.9 Å². The van der Waals surface area contributed by atoms with Gasteiger partial charge in [0.15, 0.2) is 0 Å². The molecule has 4 heteroatoms. The molecule has 90 valence electrons. The molecule has 1 aromatic carbocycles. The Labute approximate surface area is 99.5 Å². The standard InChI is InChI=1S/C12H17FO2S/c1-8(5-6-14)16-12-4-3-10(13)7-11(12)9(2)15/h3-4,7-9,14-15H,5-6H2,1-2H3/t8?,9-/m1/s1. The van der Waals surface area contributed by atoms with E-state index in [2.05, 4.69) is 0 Å². The van der Waals surface area contributed by atoms with Crippen molar-refractivity contribution in [2.75, 3.05) is 6.61 Å². The molecule has 0 saturated heterocycles. The minimum atomic E-state index is -0.681. The van der Waals surface area contributed by atoms with E-state index in [-0.39, 0.29) is 17.7 Å². The first-order chi connectivity index (χ1) is 7.54. The Balaban J connectivity index is 2.86. The second kappa shape index (κ2) is 6.23. The van der Waals surface area contributed by atoms with Gasteiger partial charge in [0.25, 0.3) is 0 Å². The summed E-state index contributed by atoms with van der Waals surface area (Å²) in [7, 11) is 0. The molecule has 2 N–H and O–H groups in total. The second-order valence-electron chi connectivity index (χ2n) is 3.80. The molecule has 0 amide bonds. The highest BCUT2D eigenvalue weighted by Crippen LogP contribution is 2.32. The largest absolute Gasteiger partial charge is 0.396 e. The van der Waals surface area contributed by atoms with Gasteiger partial charge < -0.3 is 10.2 Å². The quantitative estimate of drug-likeness (QED) is 0.782. The first-order valence-electron chi connectivity index (χ1n) is 5.29. The van der Waals surface area contributed by atoms with Gasteiger partial charge in [-0.2, -0.15) is 0 Å². The van der Waals surface area contributed by atoms with Gasteiger partial charge in [-0.1, -0.05) is 6.92 Å². The van der Waals surface area contributed by atoms with Crippen molar-refractivity contribution in [1.29, 1.82) is 0 Å². The Morgan fingerprint density at radius 2 is 2.06 bits per heavy atom. The van der Waals surface area contributed by atoms with Gasteiger partial charge in [0.2, 0.25) is 0 Å². The van der Waals surface area contributed by atoms with Gasteiger partial charge in [-0.05, 0) is 37.1 Å². The monoisotopic (exact) mass is 244 g/mol. The molecule has 0 radical (unpaired) electrons. The van der Waals surface area contributed by atoms with Crippen molar-refractivity contribution in [2.24, 2.45) is 0 Å². The lowest BCUT2D eigenvalue weighted by Crippen LogP contribution is -2.02. The summed E-state index contributed by atoms with van der Waals surface area (Å²) in [5.74, 6) is -0.338. The van der Waals surface area contributed by atoms with Gasteiger partial charge in [0, 0.05) is 16.8 Å². The fourth-order valence-corrected chi connectivity index (χ4v) is 2.58. The molecule has 0 saturated carbocycles. The number of hydrogen-bond donors (Lipinski definition) is 2. The highest BCUT2D eigenvalue weighted by molar-refractivity contribution is 8.00. The molecule has 2 atom stereocenters. The van der Waals surface area contributed by atoms with Gasteiger partial charge >= 0.3 is 0 Å². The van der Waals surface area contributed by atoms with Crippen LogP contribution in [0.2, 0.25) is 0 Å². The van der Waals surface area contributed by atoms with Crippen LogP contribution in [0, 0.1) is 5.82 Å². The van der Waals surface area contributed by atoms with Gasteiger partial charge in [0.05, 0.1) is 6.10 Å². The number of aliphatic hydroxyl groups is 2. The smallest absolute Gasteiger partial charge is 0.123 e. The zero-order valence-electron chi connectivity index (χ0n) is 9.48. The van der Waals surface area contributed by atoms with Gasteiger partial charge in [-0.3, -0.25) is 0 Å². The lowest BCUT2D eigenvalue weighted by atomic mass is 10.1. The first kappa shape index (κ1) is 13.5. The Morgan fingerprint density at radius 3 is 2.62 bits per heavy atom. The highest BCUT2D eigenvalue weighted by atomic mass is 32.2. The summed E-state index contributed by atoms with van der Waals surface area (Å²) < 4.78 is 13.0. The third kappa shape index (κ3) is 3.77. The third-order valence-electron chi connectivity index (χ3n) is 2.29. The van der Waals surface area contributed by atoms with Crippen molar-refractivity contribution in [3.05, 3.63) is 29.6 Å². The van der Waals surface area contributed by atoms with Gasteiger partial charge in [-0.15, -0.1) is 11.8 Å². The molecule has 0 spiro atoms. The maximum Gasteiger partial charge on any atom is 0.123 e. The molecule has 1 aromatic rings. The van der Waals surface area contributed by atoms with Crippen LogP contribution in [0.5, 0.6) is 0 Å². The molecule has 1 unspecified atom stereocenters. The summed E-state index contributed by atoms with van der Waals surface area (Å²) in [4.78, 5) is 0.873. The molecule has 0 bridgehead atoms. The van der Waals surface area contributed by atoms with Crippen molar-refractivity contribution >= 4 is 11.8 Å². The molecule has 16 heavy (non-hydrogen) atoms. The minimum Gasteiger partial charge on any atom is -0.396 e. The normalized spacial score (nSPS) is 14.8. The number of benzene rings is 1. The molecular formula is C12H17FO2S. The number of thioether (sulfide) groups is 1. The number of rotatable bonds is 5. The van der Waals surface area contributed by atoms with Gasteiger partial charge in [-0.25, -0.2) is 4.39 Å². The van der Waals surface area contributed by atoms with E-state index >= 15 is 0 Å². The van der Waals surface area contributed by atoms with E-state index in [1.54, 1.807) is 24.8 Å². The summed E-state index contributed by atoms with van der Waals surface area (Å²) in [5, 5.41) is 18.6. The zero-order valence-corrected chi connectivity index (χ0v) is 10.3. The molecule has 1 rings (SSSR count). The lowest BCUT2D eigenvalue weighted by molar-refractivity contribution is 0.196. The molecule has 0 aliphatic heterocycles. The minimum absolute atomic E-state index is 0.138. The average Bonchev–Trinajstić information content (AvgIpc) is 2.20. The molecule has 2 nitrogen and oxygen atoms in total. The molecule has 0 aromatic heterocycles. The van der Waals surface area contributed by atoms with E-state index < -0.39 is 6.10 Å². The number of halogens is 1. The van der Waals surface area contributed by atoms with Crippen LogP contribution >= 0.6 is 11.8 Å². The third-order valence-corrected chi connectivity index (χ3v) is 3.55. The van der Waals surface area contributed by atoms with Crippen LogP contribution in [0.4, 0.5) is 4.39 Å². The Kier molecular flexibility index (Phi) is 5.25. The number of hydrogen-bond acceptors (Lipinski definition) is 3. The van der Waals surface area contributed by atoms with Crippen LogP contribution in [-0.4, -0.2) is 22.1 Å². The molecule has 0 aliphatic carbocycles. The Morgan fingerprint density at radius 1 is 1.38 bits per heavy atom. The van der Waals surface area contributed by atoms with Crippen molar-refractivity contribution in [1.82, 2.24) is 0 Å². The van der Waals surface area contributed by atoms with E-state index in [0.29, 0.717) is 12.0 Å². The van der Waals surface area contributed by atoms with Crippen LogP contribution < -0.4 is 0 Å². The molecule has 0 aliphatic rings. The van der Waals surface area contributed by atoms with Crippen molar-refractivity contribution in [2.45, 2.75) is 36.5 Å². The van der Waals surface area contributed by atoms with E-state index in [1.165, 1.54) is 12.1 Å². The predicted octanol–water partition coefficient (Wildman–Crippen LogP) is 2.74. The maximum absolute atomic E-state index is 13.0. The topological polar surface area (TPSA) is 40.5 Å². The zero-order chi connectivity index (χ0) is 12.1. The highest BCUT2D eigenvalue weighted by Gasteiger charge is 2.12. The predicted molar refractivity (Wildman–Crippen MR) is 64.1 cm³/mol. The van der Waals surface area contributed by atoms with Crippen LogP contribution in [0.25, 0.3) is 0 Å². The summed E-state index contributed by atoms with van der Waals surface area (Å²) in [6.07, 6.45) is 0.000844. The Hall–Kier alpha value is -0.580. The summed E-state index contributed by atoms with van der Waals surface area (Å²) in [5.41, 5.74) is 0.606. The molecule has 0 fully saturated rings. The van der Waals surface area contributed by atoms with E-state index in [1.807, 2.05) is 6.92 Å². The van der Waals surface area contributed by atoms with Crippen LogP contribution in [0.3, 0.4) is 0 Å². The second-order valence-corrected chi connectivity index (χ2v) is 5.28. The van der Waals surface area contributed by atoms with Crippen LogP contribution in [0.15, 0.2) is 23.1 Å². The van der Waals surface area contributed by atoms with Gasteiger partial charge in [0.1, 0.15) is 5.82 Å². The summed E-state index contributed by atoms with van der Waals surface area (Å²) >= 11 is 1.55. The van der Waals surface area contributed by atoms with E-state index in [9.17, 15) is 9.50 Å². The van der Waals surface area contributed by atoms with Crippen molar-refractivity contribution < 1.29 is 14.6 Å². The fourth-order valence-electron chi connectivity index (χ4n) is 1.41. The number of aliphatic hydroxyl groups excluding tert-OH is 2. The lowest BCUT2D eigenvalue weighted by Gasteiger charge is -2.15. The molecular weight excluding hydrogens is 227 g/mol. The van der Waals surface area contributed by atoms with E-state index in [4.69, 9.17) is 5.11 Å². The Bertz CT molecular complexity index is 342. The molecule has 0 heterocycles. The SMILES string of the molecule is CC(CCO)Sc1ccc(F)cc1[C@@H](C)O. The van der Waals surface area contributed by atoms with Crippen molar-refractivity contribution in [3.8, 4) is 0 Å². The fraction of sp³-hybridized carbons (Fsp3) is 0.500. The summed E-state index contributed by atoms with van der Waals surface area (Å²) in [6, 6.07) is 4.43. The first-order valence-corrected chi connectivity index (χ1v) is 6.17.